The number of rotatable bonds is 8. The zero-order valence-corrected chi connectivity index (χ0v) is 12.4. The Hall–Kier alpha value is -2.15. The predicted molar refractivity (Wildman–Crippen MR) is 77.4 cm³/mol. The summed E-state index contributed by atoms with van der Waals surface area (Å²) in [4.78, 5) is 21.5. The minimum atomic E-state index is -0.760. The molecule has 2 aromatic heterocycles. The average molecular weight is 291 g/mol. The third-order valence-electron chi connectivity index (χ3n) is 3.44. The fourth-order valence-corrected chi connectivity index (χ4v) is 2.17. The summed E-state index contributed by atoms with van der Waals surface area (Å²) in [5, 5.41) is 8.78. The van der Waals surface area contributed by atoms with Gasteiger partial charge in [0.2, 0.25) is 0 Å². The molecule has 0 saturated carbocycles. The van der Waals surface area contributed by atoms with Gasteiger partial charge in [-0.3, -0.25) is 9.69 Å². The van der Waals surface area contributed by atoms with Gasteiger partial charge in [0, 0.05) is 45.3 Å². The number of hydrogen-bond acceptors (Lipinski definition) is 4. The minimum absolute atomic E-state index is 0.178. The van der Waals surface area contributed by atoms with Crippen LogP contribution in [0.3, 0.4) is 0 Å². The third-order valence-corrected chi connectivity index (χ3v) is 3.44. The molecular weight excluding hydrogens is 270 g/mol. The molecule has 2 heterocycles. The number of imidazole rings is 2. The van der Waals surface area contributed by atoms with E-state index in [1.165, 1.54) is 0 Å². The van der Waals surface area contributed by atoms with Crippen molar-refractivity contribution >= 4 is 5.97 Å². The highest BCUT2D eigenvalue weighted by Gasteiger charge is 2.13. The smallest absolute Gasteiger partial charge is 0.303 e. The normalized spacial score (nSPS) is 11.2. The van der Waals surface area contributed by atoms with Crippen LogP contribution in [0.15, 0.2) is 24.8 Å². The molecule has 2 aromatic rings. The van der Waals surface area contributed by atoms with Crippen LogP contribution in [-0.4, -0.2) is 41.6 Å². The fourth-order valence-electron chi connectivity index (χ4n) is 2.17. The third kappa shape index (κ3) is 4.42. The van der Waals surface area contributed by atoms with Crippen molar-refractivity contribution in [1.29, 1.82) is 0 Å². The minimum Gasteiger partial charge on any atom is -0.481 e. The molecule has 2 rings (SSSR count). The van der Waals surface area contributed by atoms with Crippen LogP contribution < -0.4 is 0 Å². The first-order valence-electron chi connectivity index (χ1n) is 6.93. The number of nitrogens with zero attached hydrogens (tertiary/aromatic N) is 5. The fraction of sp³-hybridized carbons (Fsp3) is 0.500. The Morgan fingerprint density at radius 3 is 2.05 bits per heavy atom. The van der Waals surface area contributed by atoms with E-state index in [2.05, 4.69) is 14.9 Å². The summed E-state index contributed by atoms with van der Waals surface area (Å²) in [5.74, 6) is 1.16. The Kier molecular flexibility index (Phi) is 5.10. The van der Waals surface area contributed by atoms with E-state index in [1.54, 1.807) is 12.4 Å². The van der Waals surface area contributed by atoms with E-state index in [-0.39, 0.29) is 6.42 Å². The van der Waals surface area contributed by atoms with Crippen molar-refractivity contribution in [3.63, 3.8) is 0 Å². The van der Waals surface area contributed by atoms with Crippen molar-refractivity contribution in [3.8, 4) is 0 Å². The molecule has 0 aliphatic carbocycles. The Morgan fingerprint density at radius 1 is 1.14 bits per heavy atom. The van der Waals surface area contributed by atoms with Crippen molar-refractivity contribution in [2.75, 3.05) is 6.54 Å². The SMILES string of the molecule is Cn1ccnc1CN(CCCC(=O)O)Cc1nccn1C. The Bertz CT molecular complexity index is 547. The Balaban J connectivity index is 2.01. The van der Waals surface area contributed by atoms with Gasteiger partial charge in [-0.2, -0.15) is 0 Å². The number of aromatic nitrogens is 4. The van der Waals surface area contributed by atoms with E-state index < -0.39 is 5.97 Å². The number of carbonyl (C=O) groups is 1. The van der Waals surface area contributed by atoms with E-state index in [9.17, 15) is 4.79 Å². The first-order chi connectivity index (χ1) is 10.1. The first kappa shape index (κ1) is 15.2. The van der Waals surface area contributed by atoms with Gasteiger partial charge in [-0.25, -0.2) is 9.97 Å². The van der Waals surface area contributed by atoms with Gasteiger partial charge in [0.15, 0.2) is 0 Å². The molecule has 7 heteroatoms. The number of carboxylic acid groups (broad SMARTS) is 1. The first-order valence-corrected chi connectivity index (χ1v) is 6.93. The summed E-state index contributed by atoms with van der Waals surface area (Å²) in [6, 6.07) is 0. The largest absolute Gasteiger partial charge is 0.481 e. The molecule has 0 amide bonds. The van der Waals surface area contributed by atoms with Crippen LogP contribution >= 0.6 is 0 Å². The van der Waals surface area contributed by atoms with E-state index in [0.717, 1.165) is 11.6 Å². The predicted octanol–water partition coefficient (Wildman–Crippen LogP) is 1.02. The van der Waals surface area contributed by atoms with Gasteiger partial charge < -0.3 is 14.2 Å². The van der Waals surface area contributed by atoms with Crippen LogP contribution in [0.5, 0.6) is 0 Å². The number of hydrogen-bond donors (Lipinski definition) is 1. The molecule has 0 atom stereocenters. The van der Waals surface area contributed by atoms with Crippen LogP contribution in [0.4, 0.5) is 0 Å². The average Bonchev–Trinajstić information content (AvgIpc) is 2.99. The summed E-state index contributed by atoms with van der Waals surface area (Å²) in [6.45, 7) is 2.05. The standard InChI is InChI=1S/C14H21N5O2/c1-17-8-5-15-12(17)10-19(7-3-4-14(20)21)11-13-16-6-9-18(13)2/h5-6,8-9H,3-4,7,10-11H2,1-2H3,(H,20,21). The second kappa shape index (κ2) is 7.03. The zero-order valence-electron chi connectivity index (χ0n) is 12.4. The number of aliphatic carboxylic acids is 1. The monoisotopic (exact) mass is 291 g/mol. The van der Waals surface area contributed by atoms with Crippen molar-refractivity contribution in [2.24, 2.45) is 14.1 Å². The molecule has 0 aliphatic heterocycles. The van der Waals surface area contributed by atoms with Gasteiger partial charge >= 0.3 is 5.97 Å². The van der Waals surface area contributed by atoms with E-state index >= 15 is 0 Å². The molecule has 0 aliphatic rings. The van der Waals surface area contributed by atoms with Crippen LogP contribution in [0.25, 0.3) is 0 Å². The van der Waals surface area contributed by atoms with Gasteiger partial charge in [0.1, 0.15) is 11.6 Å². The van der Waals surface area contributed by atoms with E-state index in [0.29, 0.717) is 26.1 Å². The zero-order chi connectivity index (χ0) is 15.2. The molecule has 0 saturated heterocycles. The summed E-state index contributed by atoms with van der Waals surface area (Å²) in [6.07, 6.45) is 8.15. The Morgan fingerprint density at radius 2 is 1.67 bits per heavy atom. The second-order valence-corrected chi connectivity index (χ2v) is 5.12. The lowest BCUT2D eigenvalue weighted by molar-refractivity contribution is -0.137. The van der Waals surface area contributed by atoms with Crippen LogP contribution in [-0.2, 0) is 32.0 Å². The molecule has 114 valence electrons. The lowest BCUT2D eigenvalue weighted by Crippen LogP contribution is -2.27. The van der Waals surface area contributed by atoms with Crippen molar-refractivity contribution in [2.45, 2.75) is 25.9 Å². The van der Waals surface area contributed by atoms with Crippen LogP contribution in [0.2, 0.25) is 0 Å². The summed E-state index contributed by atoms with van der Waals surface area (Å²) in [5.41, 5.74) is 0. The summed E-state index contributed by atoms with van der Waals surface area (Å²) in [7, 11) is 3.91. The van der Waals surface area contributed by atoms with Gasteiger partial charge in [0.25, 0.3) is 0 Å². The molecule has 0 spiro atoms. The molecule has 0 unspecified atom stereocenters. The molecule has 0 fully saturated rings. The summed E-state index contributed by atoms with van der Waals surface area (Å²) >= 11 is 0. The van der Waals surface area contributed by atoms with Crippen molar-refractivity contribution in [3.05, 3.63) is 36.4 Å². The van der Waals surface area contributed by atoms with Gasteiger partial charge in [-0.1, -0.05) is 0 Å². The quantitative estimate of drug-likeness (QED) is 0.786. The maximum absolute atomic E-state index is 10.7. The van der Waals surface area contributed by atoms with Gasteiger partial charge in [-0.15, -0.1) is 0 Å². The highest BCUT2D eigenvalue weighted by molar-refractivity contribution is 5.66. The maximum Gasteiger partial charge on any atom is 0.303 e. The molecule has 21 heavy (non-hydrogen) atoms. The molecule has 0 radical (unpaired) electrons. The molecule has 0 aromatic carbocycles. The van der Waals surface area contributed by atoms with Gasteiger partial charge in [0.05, 0.1) is 13.1 Å². The molecular formula is C14H21N5O2. The molecule has 1 N–H and O–H groups in total. The highest BCUT2D eigenvalue weighted by atomic mass is 16.4. The van der Waals surface area contributed by atoms with Crippen molar-refractivity contribution < 1.29 is 9.90 Å². The topological polar surface area (TPSA) is 76.2 Å². The van der Waals surface area contributed by atoms with Gasteiger partial charge in [-0.05, 0) is 13.0 Å². The van der Waals surface area contributed by atoms with E-state index in [4.69, 9.17) is 5.11 Å². The maximum atomic E-state index is 10.7. The lowest BCUT2D eigenvalue weighted by Gasteiger charge is -2.21. The number of aryl methyl sites for hydroxylation is 2. The summed E-state index contributed by atoms with van der Waals surface area (Å²) < 4.78 is 3.95. The van der Waals surface area contributed by atoms with Crippen LogP contribution in [0, 0.1) is 0 Å². The van der Waals surface area contributed by atoms with E-state index in [1.807, 2.05) is 35.6 Å². The second-order valence-electron chi connectivity index (χ2n) is 5.12. The van der Waals surface area contributed by atoms with Crippen molar-refractivity contribution in [1.82, 2.24) is 24.0 Å². The van der Waals surface area contributed by atoms with Crippen LogP contribution in [0.1, 0.15) is 24.5 Å². The Labute approximate surface area is 123 Å². The molecule has 0 bridgehead atoms. The number of carboxylic acids is 1. The molecule has 7 nitrogen and oxygen atoms in total. The highest BCUT2D eigenvalue weighted by Crippen LogP contribution is 2.08. The lowest BCUT2D eigenvalue weighted by atomic mass is 10.3.